The molecule has 0 bridgehead atoms. The molecule has 4 rings (SSSR count). The lowest BCUT2D eigenvalue weighted by molar-refractivity contribution is -0.137. The van der Waals surface area contributed by atoms with Crippen molar-refractivity contribution < 1.29 is 23.4 Å². The summed E-state index contributed by atoms with van der Waals surface area (Å²) in [7, 11) is -3.93. The van der Waals surface area contributed by atoms with E-state index in [0.29, 0.717) is 18.7 Å². The van der Waals surface area contributed by atoms with Crippen LogP contribution in [0.3, 0.4) is 0 Å². The molecule has 1 saturated heterocycles. The zero-order valence-corrected chi connectivity index (χ0v) is 21.3. The molecule has 0 spiro atoms. The summed E-state index contributed by atoms with van der Waals surface area (Å²) < 4.78 is 28.0. The van der Waals surface area contributed by atoms with Gasteiger partial charge in [-0.05, 0) is 59.9 Å². The number of amides is 2. The van der Waals surface area contributed by atoms with Gasteiger partial charge in [-0.15, -0.1) is 0 Å². The summed E-state index contributed by atoms with van der Waals surface area (Å²) in [5, 5.41) is 10.1. The molecule has 0 saturated carbocycles. The molecule has 1 fully saturated rings. The molecule has 1 atom stereocenters. The largest absolute Gasteiger partial charge is 0.343 e. The molecule has 1 aliphatic heterocycles. The Balaban J connectivity index is 1.45. The van der Waals surface area contributed by atoms with Crippen molar-refractivity contribution in [2.75, 3.05) is 19.6 Å². The van der Waals surface area contributed by atoms with Crippen molar-refractivity contribution in [1.29, 1.82) is 0 Å². The second-order valence-electron chi connectivity index (χ2n) is 9.20. The molecule has 1 heterocycles. The molecule has 3 aromatic carbocycles. The zero-order chi connectivity index (χ0) is 26.4. The minimum Gasteiger partial charge on any atom is -0.343 e. The van der Waals surface area contributed by atoms with Gasteiger partial charge in [0.15, 0.2) is 0 Å². The van der Waals surface area contributed by atoms with Crippen molar-refractivity contribution in [3.63, 3.8) is 0 Å². The van der Waals surface area contributed by atoms with Crippen molar-refractivity contribution in [3.8, 4) is 0 Å². The van der Waals surface area contributed by atoms with E-state index in [1.54, 1.807) is 41.3 Å². The molecule has 2 amide bonds. The first-order valence-electron chi connectivity index (χ1n) is 12.3. The van der Waals surface area contributed by atoms with E-state index in [1.807, 2.05) is 24.3 Å². The maximum Gasteiger partial charge on any atom is 0.270 e. The van der Waals surface area contributed by atoms with Crippen LogP contribution in [0.15, 0.2) is 71.6 Å². The van der Waals surface area contributed by atoms with Crippen molar-refractivity contribution in [3.05, 3.63) is 77.9 Å². The molecule has 0 radical (unpaired) electrons. The van der Waals surface area contributed by atoms with Crippen LogP contribution in [0.25, 0.3) is 10.8 Å². The summed E-state index contributed by atoms with van der Waals surface area (Å²) in [6.45, 7) is 0.783. The van der Waals surface area contributed by atoms with Crippen molar-refractivity contribution >= 4 is 38.4 Å². The predicted octanol–water partition coefficient (Wildman–Crippen LogP) is 0.323. The van der Waals surface area contributed by atoms with E-state index in [2.05, 4.69) is 10.0 Å². The van der Waals surface area contributed by atoms with Gasteiger partial charge in [0, 0.05) is 19.5 Å². The van der Waals surface area contributed by atoms with Crippen LogP contribution in [0.1, 0.15) is 30.4 Å². The van der Waals surface area contributed by atoms with Gasteiger partial charge in [0.05, 0.1) is 17.0 Å². The van der Waals surface area contributed by atoms with Gasteiger partial charge >= 0.3 is 0 Å². The molecule has 0 aliphatic carbocycles. The Hall–Kier alpha value is -3.76. The molecule has 37 heavy (non-hydrogen) atoms. The Bertz CT molecular complexity index is 1400. The number of rotatable bonds is 9. The van der Waals surface area contributed by atoms with Crippen molar-refractivity contribution in [2.45, 2.75) is 36.6 Å². The summed E-state index contributed by atoms with van der Waals surface area (Å²) in [4.78, 5) is 27.9. The highest BCUT2D eigenvalue weighted by Gasteiger charge is 2.28. The lowest BCUT2D eigenvalue weighted by Crippen LogP contribution is -2.52. The van der Waals surface area contributed by atoms with E-state index < -0.39 is 28.5 Å². The number of piperidine rings is 1. The standard InChI is InChI=1S/C27H31N5O4S/c28-26(29)21-10-8-19(9-11-21)16-24(27(34)32-14-4-1-5-15-32)31-25(33)18-30-37(35,36)23-13-12-20-6-2-3-7-22(20)17-23/h2-3,6-13,17,24,30H,1,4-5,14-16,18H2,(H3,28,29)(H,31,33)/p+1/t24-/m1/s1. The first kappa shape index (κ1) is 26.3. The third-order valence-electron chi connectivity index (χ3n) is 6.48. The number of amidine groups is 1. The highest BCUT2D eigenvalue weighted by molar-refractivity contribution is 7.89. The first-order chi connectivity index (χ1) is 17.7. The van der Waals surface area contributed by atoms with Crippen LogP contribution in [0.4, 0.5) is 0 Å². The number of benzene rings is 3. The summed E-state index contributed by atoms with van der Waals surface area (Å²) in [6, 6.07) is 18.5. The number of sulfonamides is 1. The van der Waals surface area contributed by atoms with Crippen LogP contribution in [0.2, 0.25) is 0 Å². The SMILES string of the molecule is NC(=[NH2+])c1ccc(C[C@@H](NC(=O)CNS(=O)(=O)c2ccc3ccccc3c2)C(=O)N2CCCCC2)cc1. The molecule has 0 unspecified atom stereocenters. The molecular weight excluding hydrogens is 490 g/mol. The number of carbonyl (C=O) groups excluding carboxylic acids is 2. The Labute approximate surface area is 216 Å². The van der Waals surface area contributed by atoms with Gasteiger partial charge in [-0.2, -0.15) is 0 Å². The third kappa shape index (κ3) is 6.72. The average Bonchev–Trinajstić information content (AvgIpc) is 2.91. The van der Waals surface area contributed by atoms with Crippen LogP contribution in [-0.4, -0.2) is 56.6 Å². The van der Waals surface area contributed by atoms with Gasteiger partial charge in [-0.3, -0.25) is 20.7 Å². The number of likely N-dealkylation sites (tertiary alicyclic amines) is 1. The minimum atomic E-state index is -3.93. The molecule has 3 aromatic rings. The summed E-state index contributed by atoms with van der Waals surface area (Å²) in [6.07, 6.45) is 3.15. The minimum absolute atomic E-state index is 0.0658. The van der Waals surface area contributed by atoms with E-state index in [0.717, 1.165) is 35.6 Å². The van der Waals surface area contributed by atoms with E-state index in [4.69, 9.17) is 11.1 Å². The molecule has 1 aliphatic rings. The number of nitrogens with two attached hydrogens (primary N) is 2. The van der Waals surface area contributed by atoms with E-state index in [-0.39, 0.29) is 23.1 Å². The lowest BCUT2D eigenvalue weighted by Gasteiger charge is -2.31. The maximum absolute atomic E-state index is 13.3. The predicted molar refractivity (Wildman–Crippen MR) is 142 cm³/mol. The van der Waals surface area contributed by atoms with Crippen LogP contribution < -0.4 is 21.2 Å². The van der Waals surface area contributed by atoms with Gasteiger partial charge in [0.25, 0.3) is 5.84 Å². The fourth-order valence-corrected chi connectivity index (χ4v) is 5.44. The Morgan fingerprint density at radius 2 is 1.62 bits per heavy atom. The number of hydrogen-bond donors (Lipinski definition) is 4. The van der Waals surface area contributed by atoms with Crippen molar-refractivity contribution in [1.82, 2.24) is 14.9 Å². The normalized spacial score (nSPS) is 14.8. The molecule has 9 nitrogen and oxygen atoms in total. The highest BCUT2D eigenvalue weighted by Crippen LogP contribution is 2.19. The smallest absolute Gasteiger partial charge is 0.270 e. The Kier molecular flexibility index (Phi) is 8.20. The number of nitrogens with zero attached hydrogens (tertiary/aromatic N) is 1. The number of nitrogens with one attached hydrogen (secondary N) is 2. The summed E-state index contributed by atoms with van der Waals surface area (Å²) in [5.74, 6) is -0.574. The number of fused-ring (bicyclic) bond motifs is 1. The van der Waals surface area contributed by atoms with Gasteiger partial charge < -0.3 is 10.2 Å². The Morgan fingerprint density at radius 1 is 0.946 bits per heavy atom. The van der Waals surface area contributed by atoms with E-state index in [9.17, 15) is 18.0 Å². The third-order valence-corrected chi connectivity index (χ3v) is 7.88. The van der Waals surface area contributed by atoms with Crippen LogP contribution in [0.5, 0.6) is 0 Å². The first-order valence-corrected chi connectivity index (χ1v) is 13.7. The van der Waals surface area contributed by atoms with Gasteiger partial charge in [-0.25, -0.2) is 13.1 Å². The molecule has 6 N–H and O–H groups in total. The van der Waals surface area contributed by atoms with Crippen molar-refractivity contribution in [2.24, 2.45) is 5.73 Å². The second-order valence-corrected chi connectivity index (χ2v) is 11.0. The van der Waals surface area contributed by atoms with E-state index >= 15 is 0 Å². The van der Waals surface area contributed by atoms with Crippen LogP contribution >= 0.6 is 0 Å². The molecule has 0 aromatic heterocycles. The molecule has 194 valence electrons. The van der Waals surface area contributed by atoms with Gasteiger partial charge in [-0.1, -0.05) is 42.5 Å². The molecular formula is C27H32N5O4S+. The van der Waals surface area contributed by atoms with E-state index in [1.165, 1.54) is 6.07 Å². The number of hydrogen-bond acceptors (Lipinski definition) is 4. The highest BCUT2D eigenvalue weighted by atomic mass is 32.2. The fourth-order valence-electron chi connectivity index (χ4n) is 4.43. The molecule has 10 heteroatoms. The van der Waals surface area contributed by atoms with Crippen LogP contribution in [-0.2, 0) is 26.0 Å². The average molecular weight is 523 g/mol. The summed E-state index contributed by atoms with van der Waals surface area (Å²) in [5.41, 5.74) is 7.13. The zero-order valence-electron chi connectivity index (χ0n) is 20.5. The van der Waals surface area contributed by atoms with Gasteiger partial charge in [0.2, 0.25) is 21.8 Å². The maximum atomic E-state index is 13.3. The van der Waals surface area contributed by atoms with Crippen LogP contribution in [0, 0.1) is 0 Å². The quantitative estimate of drug-likeness (QED) is 0.236. The van der Waals surface area contributed by atoms with Gasteiger partial charge in [0.1, 0.15) is 6.04 Å². The Morgan fingerprint density at radius 3 is 2.30 bits per heavy atom. The second kappa shape index (κ2) is 11.5. The summed E-state index contributed by atoms with van der Waals surface area (Å²) >= 11 is 0. The fraction of sp³-hybridized carbons (Fsp3) is 0.296. The monoisotopic (exact) mass is 522 g/mol. The number of carbonyl (C=O) groups is 2. The lowest BCUT2D eigenvalue weighted by atomic mass is 10.0. The topological polar surface area (TPSA) is 147 Å².